The summed E-state index contributed by atoms with van der Waals surface area (Å²) in [5.41, 5.74) is 3.30. The minimum atomic E-state index is -0.529. The van der Waals surface area contributed by atoms with Crippen LogP contribution in [0, 0.1) is 0 Å². The Morgan fingerprint density at radius 1 is 0.760 bits per heavy atom. The topological polar surface area (TPSA) is 70.7 Å². The molecule has 0 radical (unpaired) electrons. The Balaban J connectivity index is 1.70. The first-order chi connectivity index (χ1) is 12.3. The van der Waals surface area contributed by atoms with Crippen molar-refractivity contribution in [3.05, 3.63) is 73.8 Å². The molecule has 124 valence electrons. The molecule has 2 unspecified atom stereocenters. The molecule has 2 aromatic carbocycles. The van der Waals surface area contributed by atoms with Crippen molar-refractivity contribution in [1.82, 2.24) is 30.0 Å². The second-order valence-corrected chi connectivity index (χ2v) is 5.43. The summed E-state index contributed by atoms with van der Waals surface area (Å²) in [4.78, 5) is 0. The molecule has 0 saturated carbocycles. The van der Waals surface area contributed by atoms with Crippen molar-refractivity contribution in [2.24, 2.45) is 0 Å². The van der Waals surface area contributed by atoms with Crippen LogP contribution >= 0.6 is 0 Å². The minimum absolute atomic E-state index is 0.529. The summed E-state index contributed by atoms with van der Waals surface area (Å²) in [7, 11) is 0. The maximum absolute atomic E-state index is 6.14. The summed E-state index contributed by atoms with van der Waals surface area (Å²) in [5, 5.41) is 16.7. The van der Waals surface area contributed by atoms with Gasteiger partial charge in [-0.3, -0.25) is 0 Å². The maximum Gasteiger partial charge on any atom is 0.174 e. The van der Waals surface area contributed by atoms with Crippen molar-refractivity contribution in [2.75, 3.05) is 0 Å². The van der Waals surface area contributed by atoms with E-state index in [4.69, 9.17) is 4.74 Å². The van der Waals surface area contributed by atoms with Crippen LogP contribution in [0.2, 0.25) is 0 Å². The first-order valence-electron chi connectivity index (χ1n) is 7.82. The van der Waals surface area contributed by atoms with E-state index >= 15 is 0 Å². The van der Waals surface area contributed by atoms with Gasteiger partial charge in [-0.2, -0.15) is 0 Å². The van der Waals surface area contributed by atoms with Gasteiger partial charge in [0.05, 0.1) is 11.0 Å². The standard InChI is InChI=1S/C18H16N6O/c1-3-17(23-15-11-7-5-9-13(15)19-21-23)25-18(4-2)24-16-12-8-6-10-14(16)20-22-24/h3-12,17-18H,1-2H2. The molecule has 0 bridgehead atoms. The number of para-hydroxylation sites is 2. The van der Waals surface area contributed by atoms with Gasteiger partial charge < -0.3 is 4.74 Å². The molecular weight excluding hydrogens is 316 g/mol. The van der Waals surface area contributed by atoms with Crippen LogP contribution in [0.15, 0.2) is 73.8 Å². The Labute approximate surface area is 143 Å². The summed E-state index contributed by atoms with van der Waals surface area (Å²) in [6, 6.07) is 15.4. The fourth-order valence-corrected chi connectivity index (χ4v) is 2.72. The summed E-state index contributed by atoms with van der Waals surface area (Å²) < 4.78 is 9.50. The van der Waals surface area contributed by atoms with Crippen LogP contribution in [0.25, 0.3) is 22.1 Å². The lowest BCUT2D eigenvalue weighted by Gasteiger charge is -2.21. The average Bonchev–Trinajstić information content (AvgIpc) is 3.28. The quantitative estimate of drug-likeness (QED) is 0.507. The van der Waals surface area contributed by atoms with Crippen LogP contribution < -0.4 is 0 Å². The lowest BCUT2D eigenvalue weighted by molar-refractivity contribution is -0.0468. The third kappa shape index (κ3) is 2.60. The molecule has 0 aliphatic heterocycles. The van der Waals surface area contributed by atoms with Crippen molar-refractivity contribution >= 4 is 22.1 Å². The van der Waals surface area contributed by atoms with Gasteiger partial charge >= 0.3 is 0 Å². The number of fused-ring (bicyclic) bond motifs is 2. The molecule has 7 heteroatoms. The first-order valence-corrected chi connectivity index (χ1v) is 7.82. The van der Waals surface area contributed by atoms with Crippen molar-refractivity contribution in [3.63, 3.8) is 0 Å². The SMILES string of the molecule is C=CC(OC(C=C)n1nnc2ccccc21)n1nnc2ccccc21. The predicted octanol–water partition coefficient (Wildman–Crippen LogP) is 3.26. The van der Waals surface area contributed by atoms with Gasteiger partial charge in [0.2, 0.25) is 0 Å². The number of nitrogens with zero attached hydrogens (tertiary/aromatic N) is 6. The van der Waals surface area contributed by atoms with E-state index in [1.54, 1.807) is 21.5 Å². The molecule has 0 aliphatic rings. The summed E-state index contributed by atoms with van der Waals surface area (Å²) >= 11 is 0. The van der Waals surface area contributed by atoms with E-state index in [1.165, 1.54) is 0 Å². The predicted molar refractivity (Wildman–Crippen MR) is 94.6 cm³/mol. The van der Waals surface area contributed by atoms with E-state index in [9.17, 15) is 0 Å². The zero-order chi connectivity index (χ0) is 17.2. The second kappa shape index (κ2) is 6.29. The molecule has 7 nitrogen and oxygen atoms in total. The molecule has 4 rings (SSSR count). The highest BCUT2D eigenvalue weighted by Crippen LogP contribution is 2.24. The fourth-order valence-electron chi connectivity index (χ4n) is 2.72. The van der Waals surface area contributed by atoms with E-state index in [0.717, 1.165) is 22.1 Å². The maximum atomic E-state index is 6.14. The third-order valence-electron chi connectivity index (χ3n) is 3.92. The normalized spacial score (nSPS) is 13.8. The molecule has 0 amide bonds. The molecule has 25 heavy (non-hydrogen) atoms. The number of rotatable bonds is 6. The van der Waals surface area contributed by atoms with Crippen molar-refractivity contribution in [3.8, 4) is 0 Å². The van der Waals surface area contributed by atoms with Gasteiger partial charge in [-0.15, -0.1) is 10.2 Å². The number of hydrogen-bond acceptors (Lipinski definition) is 5. The molecule has 0 spiro atoms. The van der Waals surface area contributed by atoms with Crippen molar-refractivity contribution in [1.29, 1.82) is 0 Å². The Kier molecular flexibility index (Phi) is 3.83. The average molecular weight is 332 g/mol. The Morgan fingerprint density at radius 3 is 1.64 bits per heavy atom. The van der Waals surface area contributed by atoms with Crippen LogP contribution in [0.5, 0.6) is 0 Å². The van der Waals surface area contributed by atoms with Gasteiger partial charge in [0.25, 0.3) is 0 Å². The first kappa shape index (κ1) is 15.2. The van der Waals surface area contributed by atoms with Crippen LogP contribution in [0.1, 0.15) is 12.5 Å². The summed E-state index contributed by atoms with van der Waals surface area (Å²) in [6.45, 7) is 7.72. The van der Waals surface area contributed by atoms with E-state index in [-0.39, 0.29) is 0 Å². The van der Waals surface area contributed by atoms with Gasteiger partial charge in [-0.1, -0.05) is 47.9 Å². The molecular formula is C18H16N6O. The monoisotopic (exact) mass is 332 g/mol. The molecule has 0 N–H and O–H groups in total. The summed E-state index contributed by atoms with van der Waals surface area (Å²) in [6.07, 6.45) is 2.27. The zero-order valence-corrected chi connectivity index (χ0v) is 13.4. The van der Waals surface area contributed by atoms with E-state index in [1.807, 2.05) is 48.5 Å². The number of benzene rings is 2. The molecule has 0 saturated heterocycles. The Hall–Kier alpha value is -3.32. The van der Waals surface area contributed by atoms with Crippen LogP contribution in [0.4, 0.5) is 0 Å². The molecule has 0 aliphatic carbocycles. The Bertz CT molecular complexity index is 966. The van der Waals surface area contributed by atoms with Gasteiger partial charge in [0, 0.05) is 0 Å². The van der Waals surface area contributed by atoms with Gasteiger partial charge in [0.1, 0.15) is 11.0 Å². The van der Waals surface area contributed by atoms with E-state index < -0.39 is 12.5 Å². The molecule has 2 atom stereocenters. The molecule has 4 aromatic rings. The Morgan fingerprint density at radius 2 is 1.20 bits per heavy atom. The number of ether oxygens (including phenoxy) is 1. The van der Waals surface area contributed by atoms with E-state index in [2.05, 4.69) is 33.8 Å². The highest BCUT2D eigenvalue weighted by molar-refractivity contribution is 5.74. The van der Waals surface area contributed by atoms with Crippen LogP contribution in [-0.2, 0) is 4.74 Å². The highest BCUT2D eigenvalue weighted by atomic mass is 16.5. The lowest BCUT2D eigenvalue weighted by Crippen LogP contribution is -2.19. The van der Waals surface area contributed by atoms with Crippen molar-refractivity contribution in [2.45, 2.75) is 12.5 Å². The van der Waals surface area contributed by atoms with Gasteiger partial charge in [-0.25, -0.2) is 9.36 Å². The number of hydrogen-bond donors (Lipinski definition) is 0. The van der Waals surface area contributed by atoms with Crippen LogP contribution in [0.3, 0.4) is 0 Å². The summed E-state index contributed by atoms with van der Waals surface area (Å²) in [5.74, 6) is 0. The third-order valence-corrected chi connectivity index (χ3v) is 3.92. The lowest BCUT2D eigenvalue weighted by atomic mass is 10.3. The van der Waals surface area contributed by atoms with Crippen LogP contribution in [-0.4, -0.2) is 30.0 Å². The van der Waals surface area contributed by atoms with Gasteiger partial charge in [-0.05, 0) is 36.4 Å². The fraction of sp³-hybridized carbons (Fsp3) is 0.111. The minimum Gasteiger partial charge on any atom is -0.324 e. The smallest absolute Gasteiger partial charge is 0.174 e. The number of aromatic nitrogens is 6. The molecule has 2 aromatic heterocycles. The zero-order valence-electron chi connectivity index (χ0n) is 13.4. The molecule has 2 heterocycles. The van der Waals surface area contributed by atoms with Gasteiger partial charge in [0.15, 0.2) is 12.5 Å². The second-order valence-electron chi connectivity index (χ2n) is 5.43. The molecule has 0 fully saturated rings. The highest BCUT2D eigenvalue weighted by Gasteiger charge is 2.20. The van der Waals surface area contributed by atoms with Crippen molar-refractivity contribution < 1.29 is 4.74 Å². The van der Waals surface area contributed by atoms with E-state index in [0.29, 0.717) is 0 Å². The largest absolute Gasteiger partial charge is 0.324 e.